The number of carbonyl (C=O) groups is 1. The third-order valence-electron chi connectivity index (χ3n) is 3.01. The van der Waals surface area contributed by atoms with Gasteiger partial charge in [-0.15, -0.1) is 12.4 Å². The number of anilines is 1. The fourth-order valence-electron chi connectivity index (χ4n) is 1.87. The van der Waals surface area contributed by atoms with Crippen molar-refractivity contribution in [3.05, 3.63) is 29.3 Å². The first-order chi connectivity index (χ1) is 9.54. The number of rotatable bonds is 5. The predicted octanol–water partition coefficient (Wildman–Crippen LogP) is 3.35. The number of unbranched alkanes of at least 4 members (excludes halogenated alkanes) is 2. The van der Waals surface area contributed by atoms with Gasteiger partial charge in [0.2, 0.25) is 0 Å². The number of carbonyl (C=O) groups excluding carboxylic acids is 1. The van der Waals surface area contributed by atoms with Gasteiger partial charge < -0.3 is 11.1 Å². The van der Waals surface area contributed by atoms with Crippen molar-refractivity contribution in [2.45, 2.75) is 40.0 Å². The number of nitrogens with two attached hydrogens (primary N) is 1. The van der Waals surface area contributed by atoms with Crippen LogP contribution in [0.25, 0.3) is 0 Å². The number of halogens is 1. The number of nitrogens with zero attached hydrogens (tertiary/aromatic N) is 1. The lowest BCUT2D eigenvalue weighted by Crippen LogP contribution is -2.40. The van der Waals surface area contributed by atoms with Gasteiger partial charge in [-0.3, -0.25) is 10.3 Å². The second-order valence-electron chi connectivity index (χ2n) is 4.82. The van der Waals surface area contributed by atoms with Gasteiger partial charge in [0, 0.05) is 12.2 Å². The highest BCUT2D eigenvalue weighted by Crippen LogP contribution is 2.18. The molecule has 0 fully saturated rings. The smallest absolute Gasteiger partial charge is 0.326 e. The van der Waals surface area contributed by atoms with Gasteiger partial charge in [0.15, 0.2) is 5.96 Å². The maximum Gasteiger partial charge on any atom is 0.326 e. The van der Waals surface area contributed by atoms with Gasteiger partial charge in [-0.05, 0) is 31.4 Å². The molecule has 118 valence electrons. The minimum atomic E-state index is -0.362. The van der Waals surface area contributed by atoms with Gasteiger partial charge in [-0.25, -0.2) is 4.79 Å². The van der Waals surface area contributed by atoms with Crippen LogP contribution in [-0.2, 0) is 0 Å². The lowest BCUT2D eigenvalue weighted by atomic mass is 10.1. The summed E-state index contributed by atoms with van der Waals surface area (Å²) in [7, 11) is 0. The molecule has 0 aliphatic rings. The van der Waals surface area contributed by atoms with E-state index in [1.807, 2.05) is 32.0 Å². The molecule has 0 saturated carbocycles. The second kappa shape index (κ2) is 10.0. The standard InChI is InChI=1S/C15H24N4O.ClH/c1-4-5-6-10-17-14(16)19-15(20)18-13-11(2)8-7-9-12(13)3;/h7-9H,4-6,10H2,1-3H3,(H4,16,17,18,19,20);1H. The molecular formula is C15H25ClN4O. The van der Waals surface area contributed by atoms with Crippen LogP contribution in [0.1, 0.15) is 37.3 Å². The van der Waals surface area contributed by atoms with Crippen LogP contribution in [0.3, 0.4) is 0 Å². The summed E-state index contributed by atoms with van der Waals surface area (Å²) in [4.78, 5) is 15.9. The molecule has 2 amide bonds. The van der Waals surface area contributed by atoms with Gasteiger partial charge in [-0.2, -0.15) is 0 Å². The Bertz CT molecular complexity index is 468. The van der Waals surface area contributed by atoms with Crippen molar-refractivity contribution in [2.24, 2.45) is 10.7 Å². The number of benzene rings is 1. The number of urea groups is 1. The van der Waals surface area contributed by atoms with Crippen molar-refractivity contribution in [3.63, 3.8) is 0 Å². The highest BCUT2D eigenvalue weighted by atomic mass is 35.5. The highest BCUT2D eigenvalue weighted by molar-refractivity contribution is 6.02. The Labute approximate surface area is 132 Å². The molecule has 1 aromatic carbocycles. The van der Waals surface area contributed by atoms with E-state index in [1.165, 1.54) is 0 Å². The number of hydrogen-bond acceptors (Lipinski definition) is 2. The molecule has 4 N–H and O–H groups in total. The molecular weight excluding hydrogens is 288 g/mol. The van der Waals surface area contributed by atoms with Gasteiger partial charge in [0.1, 0.15) is 0 Å². The first-order valence-electron chi connectivity index (χ1n) is 6.98. The van der Waals surface area contributed by atoms with E-state index in [9.17, 15) is 4.79 Å². The Balaban J connectivity index is 0.00000400. The summed E-state index contributed by atoms with van der Waals surface area (Å²) in [6.07, 6.45) is 3.23. The molecule has 0 aliphatic heterocycles. The quantitative estimate of drug-likeness (QED) is 0.443. The molecule has 0 bridgehead atoms. The molecule has 1 aromatic rings. The predicted molar refractivity (Wildman–Crippen MR) is 91.3 cm³/mol. The van der Waals surface area contributed by atoms with E-state index in [0.29, 0.717) is 6.54 Å². The molecule has 0 spiro atoms. The van der Waals surface area contributed by atoms with Crippen molar-refractivity contribution >= 4 is 30.1 Å². The van der Waals surface area contributed by atoms with Crippen molar-refractivity contribution in [3.8, 4) is 0 Å². The number of nitrogens with one attached hydrogen (secondary N) is 2. The average molecular weight is 313 g/mol. The Hall–Kier alpha value is -1.75. The molecule has 21 heavy (non-hydrogen) atoms. The van der Waals surface area contributed by atoms with E-state index in [0.717, 1.165) is 36.1 Å². The second-order valence-corrected chi connectivity index (χ2v) is 4.82. The molecule has 1 rings (SSSR count). The maximum atomic E-state index is 11.8. The van der Waals surface area contributed by atoms with Crippen LogP contribution in [0.4, 0.5) is 10.5 Å². The highest BCUT2D eigenvalue weighted by Gasteiger charge is 2.07. The summed E-state index contributed by atoms with van der Waals surface area (Å²) < 4.78 is 0. The van der Waals surface area contributed by atoms with Crippen LogP contribution in [-0.4, -0.2) is 18.5 Å². The topological polar surface area (TPSA) is 79.5 Å². The Morgan fingerprint density at radius 2 is 1.86 bits per heavy atom. The van der Waals surface area contributed by atoms with Crippen LogP contribution < -0.4 is 16.4 Å². The fourth-order valence-corrected chi connectivity index (χ4v) is 1.87. The van der Waals surface area contributed by atoms with E-state index >= 15 is 0 Å². The summed E-state index contributed by atoms with van der Waals surface area (Å²) in [5.74, 6) is 0.157. The first-order valence-corrected chi connectivity index (χ1v) is 6.98. The summed E-state index contributed by atoms with van der Waals surface area (Å²) in [6.45, 7) is 6.67. The average Bonchev–Trinajstić information content (AvgIpc) is 2.39. The normalized spacial score (nSPS) is 10.7. The molecule has 0 unspecified atom stereocenters. The minimum absolute atomic E-state index is 0. The van der Waals surface area contributed by atoms with Crippen LogP contribution in [0.15, 0.2) is 23.2 Å². The number of guanidine groups is 1. The number of amides is 2. The third-order valence-corrected chi connectivity index (χ3v) is 3.01. The molecule has 0 heterocycles. The fraction of sp³-hybridized carbons (Fsp3) is 0.467. The van der Waals surface area contributed by atoms with Gasteiger partial charge in [-0.1, -0.05) is 38.0 Å². The van der Waals surface area contributed by atoms with Gasteiger partial charge in [0.05, 0.1) is 0 Å². The first kappa shape index (κ1) is 19.2. The maximum absolute atomic E-state index is 11.8. The summed E-state index contributed by atoms with van der Waals surface area (Å²) in [6, 6.07) is 5.49. The number of hydrogen-bond donors (Lipinski definition) is 3. The van der Waals surface area contributed by atoms with Crippen LogP contribution >= 0.6 is 12.4 Å². The molecule has 0 atom stereocenters. The summed E-state index contributed by atoms with van der Waals surface area (Å²) in [5, 5.41) is 5.34. The minimum Gasteiger partial charge on any atom is -0.370 e. The zero-order chi connectivity index (χ0) is 15.0. The van der Waals surface area contributed by atoms with Gasteiger partial charge in [0.25, 0.3) is 0 Å². The molecule has 6 heteroatoms. The Kier molecular flexibility index (Phi) is 9.21. The molecule has 0 saturated heterocycles. The lowest BCUT2D eigenvalue weighted by Gasteiger charge is -2.12. The number of aliphatic imine (C=N–C) groups is 1. The molecule has 0 radical (unpaired) electrons. The summed E-state index contributed by atoms with van der Waals surface area (Å²) >= 11 is 0. The van der Waals surface area contributed by atoms with E-state index < -0.39 is 0 Å². The van der Waals surface area contributed by atoms with E-state index in [-0.39, 0.29) is 24.4 Å². The van der Waals surface area contributed by atoms with Crippen molar-refractivity contribution in [1.82, 2.24) is 5.32 Å². The van der Waals surface area contributed by atoms with Crippen LogP contribution in [0.2, 0.25) is 0 Å². The van der Waals surface area contributed by atoms with Crippen molar-refractivity contribution in [2.75, 3.05) is 11.9 Å². The molecule has 0 aromatic heterocycles. The Morgan fingerprint density at radius 1 is 1.24 bits per heavy atom. The van der Waals surface area contributed by atoms with Crippen molar-refractivity contribution in [1.29, 1.82) is 0 Å². The van der Waals surface area contributed by atoms with Crippen molar-refractivity contribution < 1.29 is 4.79 Å². The Morgan fingerprint density at radius 3 is 2.43 bits per heavy atom. The number of aryl methyl sites for hydroxylation is 2. The summed E-state index contributed by atoms with van der Waals surface area (Å²) in [5.41, 5.74) is 8.50. The van der Waals surface area contributed by atoms with E-state index in [1.54, 1.807) is 0 Å². The third kappa shape index (κ3) is 6.99. The van der Waals surface area contributed by atoms with E-state index in [4.69, 9.17) is 5.73 Å². The molecule has 0 aliphatic carbocycles. The van der Waals surface area contributed by atoms with E-state index in [2.05, 4.69) is 22.5 Å². The van der Waals surface area contributed by atoms with Crippen LogP contribution in [0.5, 0.6) is 0 Å². The van der Waals surface area contributed by atoms with Crippen LogP contribution in [0, 0.1) is 13.8 Å². The zero-order valence-electron chi connectivity index (χ0n) is 12.9. The monoisotopic (exact) mass is 312 g/mol. The SMILES string of the molecule is CCCCCN=C(N)NC(=O)Nc1c(C)cccc1C.Cl. The number of para-hydroxylation sites is 1. The zero-order valence-corrected chi connectivity index (χ0v) is 13.7. The lowest BCUT2D eigenvalue weighted by molar-refractivity contribution is 0.256. The largest absolute Gasteiger partial charge is 0.370 e. The van der Waals surface area contributed by atoms with Gasteiger partial charge >= 0.3 is 6.03 Å². The molecule has 5 nitrogen and oxygen atoms in total.